The maximum Gasteiger partial charge on any atom is 0.241 e. The van der Waals surface area contributed by atoms with Crippen LogP contribution in [0.25, 0.3) is 0 Å². The standard InChI is InChI=1S/C16H28N2O2S/c1-12(2)18-21(19,20)14-10-8-7-9-13(14)11-15(17-6)16(3,4)5/h7-10,12,15,17-18H,11H2,1-6H3. The van der Waals surface area contributed by atoms with Crippen LogP contribution in [0.1, 0.15) is 40.2 Å². The average molecular weight is 312 g/mol. The Morgan fingerprint density at radius 3 is 2.19 bits per heavy atom. The van der Waals surface area contributed by atoms with Gasteiger partial charge in [-0.25, -0.2) is 13.1 Å². The van der Waals surface area contributed by atoms with Gasteiger partial charge in [-0.2, -0.15) is 0 Å². The van der Waals surface area contributed by atoms with Crippen LogP contribution in [-0.4, -0.2) is 27.5 Å². The maximum absolute atomic E-state index is 12.5. The molecule has 0 aliphatic heterocycles. The molecule has 2 N–H and O–H groups in total. The molecule has 0 aliphatic rings. The van der Waals surface area contributed by atoms with Crippen LogP contribution >= 0.6 is 0 Å². The van der Waals surface area contributed by atoms with Crippen molar-refractivity contribution in [2.24, 2.45) is 5.41 Å². The van der Waals surface area contributed by atoms with Gasteiger partial charge in [-0.05, 0) is 44.4 Å². The number of hydrogen-bond acceptors (Lipinski definition) is 3. The summed E-state index contributed by atoms with van der Waals surface area (Å²) in [6, 6.07) is 7.31. The maximum atomic E-state index is 12.5. The summed E-state index contributed by atoms with van der Waals surface area (Å²) < 4.78 is 27.6. The minimum absolute atomic E-state index is 0.0527. The molecule has 4 nitrogen and oxygen atoms in total. The van der Waals surface area contributed by atoms with Crippen molar-refractivity contribution < 1.29 is 8.42 Å². The number of hydrogen-bond donors (Lipinski definition) is 2. The molecule has 5 heteroatoms. The fourth-order valence-corrected chi connectivity index (χ4v) is 3.87. The Hall–Kier alpha value is -0.910. The van der Waals surface area contributed by atoms with Gasteiger partial charge in [-0.15, -0.1) is 0 Å². The fourth-order valence-electron chi connectivity index (χ4n) is 2.37. The summed E-state index contributed by atoms with van der Waals surface area (Å²) in [6.45, 7) is 10.1. The first-order valence-electron chi connectivity index (χ1n) is 7.35. The van der Waals surface area contributed by atoms with Gasteiger partial charge in [-0.1, -0.05) is 39.0 Å². The molecular weight excluding hydrogens is 284 g/mol. The monoisotopic (exact) mass is 312 g/mol. The van der Waals surface area contributed by atoms with Crippen LogP contribution in [0.15, 0.2) is 29.2 Å². The van der Waals surface area contributed by atoms with Crippen molar-refractivity contribution in [1.82, 2.24) is 10.0 Å². The lowest BCUT2D eigenvalue weighted by molar-refractivity contribution is 0.279. The lowest BCUT2D eigenvalue weighted by atomic mass is 9.83. The molecule has 1 unspecified atom stereocenters. The molecule has 1 aromatic rings. The number of rotatable bonds is 6. The van der Waals surface area contributed by atoms with Crippen LogP contribution in [0, 0.1) is 5.41 Å². The van der Waals surface area contributed by atoms with Crippen molar-refractivity contribution in [2.45, 2.75) is 58.0 Å². The summed E-state index contributed by atoms with van der Waals surface area (Å²) in [4.78, 5) is 0.378. The Kier molecular flexibility index (Phi) is 5.96. The zero-order chi connectivity index (χ0) is 16.3. The summed E-state index contributed by atoms with van der Waals surface area (Å²) in [5, 5.41) is 3.29. The van der Waals surface area contributed by atoms with Gasteiger partial charge >= 0.3 is 0 Å². The third-order valence-electron chi connectivity index (χ3n) is 3.47. The van der Waals surface area contributed by atoms with E-state index >= 15 is 0 Å². The SMILES string of the molecule is CNC(Cc1ccccc1S(=O)(=O)NC(C)C)C(C)(C)C. The molecule has 0 saturated carbocycles. The molecule has 0 saturated heterocycles. The predicted octanol–water partition coefficient (Wildman–Crippen LogP) is 2.55. The van der Waals surface area contributed by atoms with Gasteiger partial charge < -0.3 is 5.32 Å². The molecule has 0 aromatic heterocycles. The molecule has 1 aromatic carbocycles. The average Bonchev–Trinajstić information content (AvgIpc) is 2.33. The van der Waals surface area contributed by atoms with Crippen LogP contribution in [-0.2, 0) is 16.4 Å². The van der Waals surface area contributed by atoms with Gasteiger partial charge in [0.05, 0.1) is 4.90 Å². The van der Waals surface area contributed by atoms with Crippen molar-refractivity contribution in [3.63, 3.8) is 0 Å². The molecule has 1 rings (SSSR count). The highest BCUT2D eigenvalue weighted by molar-refractivity contribution is 7.89. The van der Waals surface area contributed by atoms with Crippen molar-refractivity contribution >= 4 is 10.0 Å². The highest BCUT2D eigenvalue weighted by Gasteiger charge is 2.26. The molecule has 120 valence electrons. The quantitative estimate of drug-likeness (QED) is 0.849. The van der Waals surface area contributed by atoms with E-state index in [-0.39, 0.29) is 17.5 Å². The second-order valence-electron chi connectivity index (χ2n) is 6.80. The van der Waals surface area contributed by atoms with Gasteiger partial charge in [-0.3, -0.25) is 0 Å². The van der Waals surface area contributed by atoms with E-state index in [1.54, 1.807) is 12.1 Å². The molecule has 0 bridgehead atoms. The zero-order valence-corrected chi connectivity index (χ0v) is 14.7. The van der Waals surface area contributed by atoms with E-state index in [1.165, 1.54) is 0 Å². The molecule has 0 fully saturated rings. The molecule has 0 heterocycles. The van der Waals surface area contributed by atoms with Gasteiger partial charge in [0.25, 0.3) is 0 Å². The van der Waals surface area contributed by atoms with E-state index in [4.69, 9.17) is 0 Å². The van der Waals surface area contributed by atoms with Gasteiger partial charge in [0.1, 0.15) is 0 Å². The molecule has 1 atom stereocenters. The minimum atomic E-state index is -3.47. The van der Waals surface area contributed by atoms with Gasteiger partial charge in [0.2, 0.25) is 10.0 Å². The summed E-state index contributed by atoms with van der Waals surface area (Å²) >= 11 is 0. The van der Waals surface area contributed by atoms with E-state index in [2.05, 4.69) is 30.8 Å². The van der Waals surface area contributed by atoms with Crippen molar-refractivity contribution in [3.05, 3.63) is 29.8 Å². The van der Waals surface area contributed by atoms with E-state index in [0.717, 1.165) is 5.56 Å². The van der Waals surface area contributed by atoms with Gasteiger partial charge in [0, 0.05) is 12.1 Å². The van der Waals surface area contributed by atoms with Gasteiger partial charge in [0.15, 0.2) is 0 Å². The Labute approximate surface area is 129 Å². The number of sulfonamides is 1. The summed E-state index contributed by atoms with van der Waals surface area (Å²) in [6.07, 6.45) is 0.676. The summed E-state index contributed by atoms with van der Waals surface area (Å²) in [5.41, 5.74) is 0.900. The Morgan fingerprint density at radius 1 is 1.14 bits per heavy atom. The van der Waals surface area contributed by atoms with E-state index in [9.17, 15) is 8.42 Å². The van der Waals surface area contributed by atoms with E-state index in [0.29, 0.717) is 11.3 Å². The molecule has 0 spiro atoms. The molecule has 0 radical (unpaired) electrons. The number of benzene rings is 1. The lowest BCUT2D eigenvalue weighted by Gasteiger charge is -2.31. The van der Waals surface area contributed by atoms with Crippen molar-refractivity contribution in [1.29, 1.82) is 0 Å². The second kappa shape index (κ2) is 6.90. The normalized spacial score (nSPS) is 14.4. The molecule has 0 amide bonds. The van der Waals surface area contributed by atoms with Crippen LogP contribution in [0.4, 0.5) is 0 Å². The van der Waals surface area contributed by atoms with Crippen molar-refractivity contribution in [2.75, 3.05) is 7.05 Å². The third kappa shape index (κ3) is 5.09. The first-order valence-corrected chi connectivity index (χ1v) is 8.83. The largest absolute Gasteiger partial charge is 0.316 e. The topological polar surface area (TPSA) is 58.2 Å². The fraction of sp³-hybridized carbons (Fsp3) is 0.625. The Morgan fingerprint density at radius 2 is 1.71 bits per heavy atom. The molecule has 0 aliphatic carbocycles. The number of nitrogens with one attached hydrogen (secondary N) is 2. The first-order chi connectivity index (χ1) is 9.58. The third-order valence-corrected chi connectivity index (χ3v) is 5.23. The van der Waals surface area contributed by atoms with Crippen LogP contribution in [0.3, 0.4) is 0 Å². The first kappa shape index (κ1) is 18.1. The second-order valence-corrected chi connectivity index (χ2v) is 8.48. The van der Waals surface area contributed by atoms with E-state index < -0.39 is 10.0 Å². The minimum Gasteiger partial charge on any atom is -0.316 e. The molecular formula is C16H28N2O2S. The van der Waals surface area contributed by atoms with Crippen molar-refractivity contribution in [3.8, 4) is 0 Å². The van der Waals surface area contributed by atoms with Crippen LogP contribution < -0.4 is 10.0 Å². The summed E-state index contributed by atoms with van der Waals surface area (Å²) in [7, 11) is -1.55. The lowest BCUT2D eigenvalue weighted by Crippen LogP contribution is -2.40. The highest BCUT2D eigenvalue weighted by atomic mass is 32.2. The Balaban J connectivity index is 3.16. The predicted molar refractivity (Wildman–Crippen MR) is 87.9 cm³/mol. The Bertz CT molecular complexity index is 560. The van der Waals surface area contributed by atoms with Crippen LogP contribution in [0.5, 0.6) is 0 Å². The van der Waals surface area contributed by atoms with Crippen LogP contribution in [0.2, 0.25) is 0 Å². The smallest absolute Gasteiger partial charge is 0.241 e. The highest BCUT2D eigenvalue weighted by Crippen LogP contribution is 2.25. The molecule has 21 heavy (non-hydrogen) atoms. The number of likely N-dealkylation sites (N-methyl/N-ethyl adjacent to an activating group) is 1. The van der Waals surface area contributed by atoms with E-state index in [1.807, 2.05) is 33.0 Å². The summed E-state index contributed by atoms with van der Waals surface area (Å²) in [5.74, 6) is 0. The zero-order valence-electron chi connectivity index (χ0n) is 13.9.